The minimum atomic E-state index is -0.621. The highest BCUT2D eigenvalue weighted by molar-refractivity contribution is 5.88. The standard InChI is InChI=1S/C47H53N3O6/c1-29-5-4-7-39-22-38(52)14-12-31-20-44(43(53)19-34(31)25-51)56-26-35-18-37(47-15-16-54-27-36(47)13-11-30-6-2-3-8-42(30)47)17-33-23-50(24-40(33)35)46-41(28-55-39)32(10-9-29)21-45(48)49-46/h2-3,6,8,17-21,23-24,29,36,38-39,45,49,51-53H,4-5,7,11-16,22,25-28,48H2,1H3. The lowest BCUT2D eigenvalue weighted by molar-refractivity contribution is 0.00498. The summed E-state index contributed by atoms with van der Waals surface area (Å²) in [4.78, 5) is 0. The summed E-state index contributed by atoms with van der Waals surface area (Å²) < 4.78 is 21.6. The normalized spacial score (nSPS) is 28.0. The van der Waals surface area contributed by atoms with Crippen LogP contribution in [0.15, 0.2) is 78.1 Å². The van der Waals surface area contributed by atoms with Crippen molar-refractivity contribution in [1.29, 1.82) is 0 Å². The maximum atomic E-state index is 11.4. The molecule has 4 aliphatic heterocycles. The number of nitrogens with zero attached hydrogens (tertiary/aromatic N) is 1. The average molecular weight is 756 g/mol. The van der Waals surface area contributed by atoms with E-state index in [9.17, 15) is 15.3 Å². The fourth-order valence-corrected chi connectivity index (χ4v) is 9.99. The molecule has 0 saturated carbocycles. The first-order valence-electron chi connectivity index (χ1n) is 20.5. The van der Waals surface area contributed by atoms with Gasteiger partial charge in [-0.3, -0.25) is 0 Å². The van der Waals surface area contributed by atoms with Crippen LogP contribution in [0.4, 0.5) is 0 Å². The molecule has 9 rings (SSSR count). The van der Waals surface area contributed by atoms with Crippen molar-refractivity contribution in [3.63, 3.8) is 0 Å². The fraction of sp³-hybridized carbons (Fsp3) is 0.447. The summed E-state index contributed by atoms with van der Waals surface area (Å²) in [6.07, 6.45) is 12.2. The molecule has 0 amide bonds. The van der Waals surface area contributed by atoms with Crippen LogP contribution in [0.5, 0.6) is 11.5 Å². The zero-order valence-corrected chi connectivity index (χ0v) is 32.2. The number of aromatic nitrogens is 1. The summed E-state index contributed by atoms with van der Waals surface area (Å²) >= 11 is 0. The third-order valence-corrected chi connectivity index (χ3v) is 13.0. The Hall–Kier alpha value is -4.56. The molecule has 1 aliphatic carbocycles. The molecule has 1 saturated heterocycles. The van der Waals surface area contributed by atoms with E-state index in [0.29, 0.717) is 49.7 Å². The molecule has 4 aromatic rings. The predicted molar refractivity (Wildman–Crippen MR) is 217 cm³/mol. The fourth-order valence-electron chi connectivity index (χ4n) is 9.99. The number of hydrogen-bond acceptors (Lipinski definition) is 8. The number of rotatable bonds is 2. The number of hydrogen-bond donors (Lipinski definition) is 5. The molecule has 6 N–H and O–H groups in total. The van der Waals surface area contributed by atoms with Crippen LogP contribution in [0.1, 0.15) is 85.3 Å². The van der Waals surface area contributed by atoms with E-state index in [2.05, 4.69) is 77.4 Å². The van der Waals surface area contributed by atoms with Gasteiger partial charge in [0.05, 0.1) is 38.2 Å². The molecule has 9 nitrogen and oxygen atoms in total. The van der Waals surface area contributed by atoms with Gasteiger partial charge < -0.3 is 45.1 Å². The van der Waals surface area contributed by atoms with Crippen LogP contribution in [-0.2, 0) is 40.9 Å². The first kappa shape index (κ1) is 37.0. The number of nitrogens with two attached hydrogens (primary N) is 1. The average Bonchev–Trinajstić information content (AvgIpc) is 3.64. The van der Waals surface area contributed by atoms with Gasteiger partial charge in [0, 0.05) is 52.3 Å². The third kappa shape index (κ3) is 6.92. The van der Waals surface area contributed by atoms with Gasteiger partial charge in [0.25, 0.3) is 0 Å². The van der Waals surface area contributed by atoms with Crippen molar-refractivity contribution >= 4 is 16.6 Å². The number of phenolic OH excluding ortho intramolecular Hbond substituents is 1. The van der Waals surface area contributed by atoms with Gasteiger partial charge in [-0.05, 0) is 121 Å². The number of aliphatic hydroxyl groups is 2. The maximum Gasteiger partial charge on any atom is 0.161 e. The van der Waals surface area contributed by atoms with Crippen molar-refractivity contribution in [2.24, 2.45) is 17.6 Å². The SMILES string of the molecule is CC1C#CC2=CC(N)NC3=C2COC(CCC1)CC(O)CCc1cc(c(O)cc1CO)OCc1cc(C24CCOCC2CCc2ccccc24)cc2cn3cc12. The van der Waals surface area contributed by atoms with Crippen molar-refractivity contribution in [2.75, 3.05) is 19.8 Å². The highest BCUT2D eigenvalue weighted by Crippen LogP contribution is 2.52. The molecule has 0 spiro atoms. The van der Waals surface area contributed by atoms with Crippen molar-refractivity contribution in [1.82, 2.24) is 9.88 Å². The van der Waals surface area contributed by atoms with E-state index < -0.39 is 12.3 Å². The lowest BCUT2D eigenvalue weighted by atomic mass is 9.57. The molecule has 292 valence electrons. The molecular weight excluding hydrogens is 703 g/mol. The largest absolute Gasteiger partial charge is 0.504 e. The Bertz CT molecular complexity index is 2260. The Morgan fingerprint density at radius 3 is 2.77 bits per heavy atom. The number of fused-ring (bicyclic) bond motifs is 9. The Morgan fingerprint density at radius 2 is 1.88 bits per heavy atom. The third-order valence-electron chi connectivity index (χ3n) is 13.0. The van der Waals surface area contributed by atoms with Gasteiger partial charge in [-0.25, -0.2) is 0 Å². The van der Waals surface area contributed by atoms with Gasteiger partial charge in [-0.2, -0.15) is 0 Å². The van der Waals surface area contributed by atoms with Crippen LogP contribution in [-0.4, -0.2) is 58.1 Å². The van der Waals surface area contributed by atoms with E-state index in [1.165, 1.54) is 16.7 Å². The molecule has 6 atom stereocenters. The first-order valence-corrected chi connectivity index (χ1v) is 20.5. The van der Waals surface area contributed by atoms with E-state index >= 15 is 0 Å². The van der Waals surface area contributed by atoms with Gasteiger partial charge in [0.1, 0.15) is 12.4 Å². The number of aromatic hydroxyl groups is 1. The number of nitrogens with one attached hydrogen (secondary N) is 1. The molecule has 9 heteroatoms. The lowest BCUT2D eigenvalue weighted by Gasteiger charge is -2.49. The Labute approximate surface area is 329 Å². The first-order chi connectivity index (χ1) is 27.3. The second kappa shape index (κ2) is 15.4. The van der Waals surface area contributed by atoms with Crippen molar-refractivity contribution in [3.8, 4) is 23.3 Å². The minimum Gasteiger partial charge on any atom is -0.504 e. The summed E-state index contributed by atoms with van der Waals surface area (Å²) in [5, 5.41) is 38.5. The molecule has 1 fully saturated rings. The maximum absolute atomic E-state index is 11.4. The van der Waals surface area contributed by atoms with Gasteiger partial charge >= 0.3 is 0 Å². The number of ether oxygens (including phenoxy) is 3. The van der Waals surface area contributed by atoms with Crippen LogP contribution in [0.25, 0.3) is 16.6 Å². The molecule has 1 aromatic heterocycles. The number of dihydropyridines is 1. The van der Waals surface area contributed by atoms with E-state index in [1.54, 1.807) is 6.07 Å². The van der Waals surface area contributed by atoms with E-state index in [4.69, 9.17) is 19.9 Å². The summed E-state index contributed by atoms with van der Waals surface area (Å²) in [5.41, 5.74) is 14.7. The second-order valence-electron chi connectivity index (χ2n) is 16.6. The second-order valence-corrected chi connectivity index (χ2v) is 16.6. The topological polar surface area (TPSA) is 131 Å². The smallest absolute Gasteiger partial charge is 0.161 e. The highest BCUT2D eigenvalue weighted by atomic mass is 16.5. The molecule has 3 aromatic carbocycles. The predicted octanol–water partition coefficient (Wildman–Crippen LogP) is 6.58. The number of phenols is 1. The number of benzene rings is 3. The zero-order chi connectivity index (χ0) is 38.4. The van der Waals surface area contributed by atoms with E-state index in [0.717, 1.165) is 84.0 Å². The summed E-state index contributed by atoms with van der Waals surface area (Å²) in [6, 6.07) is 17.0. The Balaban J connectivity index is 1.25. The van der Waals surface area contributed by atoms with Crippen molar-refractivity contribution in [2.45, 2.75) is 102 Å². The van der Waals surface area contributed by atoms with Crippen LogP contribution in [0, 0.1) is 23.7 Å². The number of aryl methyl sites for hydroxylation is 2. The summed E-state index contributed by atoms with van der Waals surface area (Å²) in [6.45, 7) is 3.87. The van der Waals surface area contributed by atoms with Crippen molar-refractivity contribution in [3.05, 3.63) is 112 Å². The van der Waals surface area contributed by atoms with Crippen LogP contribution in [0.2, 0.25) is 0 Å². The Kier molecular flexibility index (Phi) is 10.2. The van der Waals surface area contributed by atoms with Crippen LogP contribution in [0.3, 0.4) is 0 Å². The number of aliphatic hydroxyl groups excluding tert-OH is 2. The molecule has 56 heavy (non-hydrogen) atoms. The Morgan fingerprint density at radius 1 is 1.00 bits per heavy atom. The van der Waals surface area contributed by atoms with Gasteiger partial charge in [0.2, 0.25) is 0 Å². The van der Waals surface area contributed by atoms with Gasteiger partial charge in [-0.1, -0.05) is 49.1 Å². The quantitative estimate of drug-likeness (QED) is 0.145. The molecule has 6 bridgehead atoms. The summed E-state index contributed by atoms with van der Waals surface area (Å²) in [5.74, 6) is 8.66. The molecular formula is C47H53N3O6. The highest BCUT2D eigenvalue weighted by Gasteiger charge is 2.47. The molecule has 5 heterocycles. The van der Waals surface area contributed by atoms with E-state index in [-0.39, 0.29) is 36.4 Å². The minimum absolute atomic E-state index is 0.0224. The van der Waals surface area contributed by atoms with Crippen molar-refractivity contribution < 1.29 is 29.5 Å². The lowest BCUT2D eigenvalue weighted by Crippen LogP contribution is -2.47. The molecule has 0 radical (unpaired) electrons. The molecule has 6 unspecified atom stereocenters. The zero-order valence-electron chi connectivity index (χ0n) is 32.2. The molecule has 5 aliphatic rings. The van der Waals surface area contributed by atoms with Gasteiger partial charge in [-0.15, -0.1) is 0 Å². The van der Waals surface area contributed by atoms with E-state index in [1.807, 2.05) is 12.1 Å². The van der Waals surface area contributed by atoms with Crippen LogP contribution < -0.4 is 15.8 Å². The monoisotopic (exact) mass is 755 g/mol. The van der Waals surface area contributed by atoms with Crippen LogP contribution >= 0.6 is 0 Å². The van der Waals surface area contributed by atoms with Gasteiger partial charge in [0.15, 0.2) is 11.5 Å². The summed E-state index contributed by atoms with van der Waals surface area (Å²) in [7, 11) is 0.